The summed E-state index contributed by atoms with van der Waals surface area (Å²) in [6.07, 6.45) is 2.26. The second-order valence-corrected chi connectivity index (χ2v) is 7.86. The predicted octanol–water partition coefficient (Wildman–Crippen LogP) is 3.41. The second kappa shape index (κ2) is 8.97. The molecule has 0 aliphatic heterocycles. The number of fused-ring (bicyclic) bond motifs is 3. The Hall–Kier alpha value is -3.44. The number of aromatic nitrogens is 6. The lowest BCUT2D eigenvalue weighted by molar-refractivity contribution is 0.141. The number of hydrogen-bond donors (Lipinski definition) is 0. The molecule has 10 nitrogen and oxygen atoms in total. The third-order valence-corrected chi connectivity index (χ3v) is 5.80. The molecule has 0 aliphatic carbocycles. The molecule has 0 bridgehead atoms. The van der Waals surface area contributed by atoms with Gasteiger partial charge in [-0.3, -0.25) is 13.8 Å². The van der Waals surface area contributed by atoms with E-state index >= 15 is 0 Å². The number of benzene rings is 1. The van der Waals surface area contributed by atoms with E-state index in [9.17, 15) is 4.79 Å². The lowest BCUT2D eigenvalue weighted by atomic mass is 10.2. The minimum absolute atomic E-state index is 0.0893. The van der Waals surface area contributed by atoms with E-state index < -0.39 is 0 Å². The molecule has 1 aromatic carbocycles. The van der Waals surface area contributed by atoms with Gasteiger partial charge in [0.25, 0.3) is 5.56 Å². The third kappa shape index (κ3) is 3.80. The fourth-order valence-electron chi connectivity index (χ4n) is 3.44. The van der Waals surface area contributed by atoms with Crippen molar-refractivity contribution >= 4 is 28.4 Å². The van der Waals surface area contributed by atoms with E-state index in [0.29, 0.717) is 65.7 Å². The number of aryl methyl sites for hydroxylation is 1. The van der Waals surface area contributed by atoms with E-state index in [2.05, 4.69) is 20.3 Å². The Morgan fingerprint density at radius 1 is 1.16 bits per heavy atom. The molecule has 0 fully saturated rings. The molecule has 164 valence electrons. The van der Waals surface area contributed by atoms with Crippen LogP contribution in [0.1, 0.15) is 19.2 Å². The predicted molar refractivity (Wildman–Crippen MR) is 117 cm³/mol. The molecule has 5 rings (SSSR count). The van der Waals surface area contributed by atoms with Crippen molar-refractivity contribution in [2.45, 2.75) is 30.8 Å². The van der Waals surface area contributed by atoms with Crippen molar-refractivity contribution in [3.05, 3.63) is 58.9 Å². The molecule has 0 radical (unpaired) electrons. The number of ether oxygens (including phenoxy) is 1. The van der Waals surface area contributed by atoms with Gasteiger partial charge in [-0.1, -0.05) is 29.1 Å². The molecule has 0 amide bonds. The van der Waals surface area contributed by atoms with Gasteiger partial charge in [0.2, 0.25) is 17.5 Å². The molecule has 0 atom stereocenters. The molecular formula is C21H20N6O4S. The van der Waals surface area contributed by atoms with Gasteiger partial charge in [-0.05, 0) is 37.6 Å². The standard InChI is InChI=1S/C21H20N6O4S/c1-2-29-11-6-10-26-19(28)14-7-3-4-8-15(14)27-20(26)23-24-21(27)32-13-17-22-18(25-31-17)16-9-5-12-30-16/h3-5,7-9,12H,2,6,10-11,13H2,1H3. The second-order valence-electron chi connectivity index (χ2n) is 6.92. The van der Waals surface area contributed by atoms with Gasteiger partial charge in [0.05, 0.1) is 22.9 Å². The highest BCUT2D eigenvalue weighted by Gasteiger charge is 2.18. The highest BCUT2D eigenvalue weighted by atomic mass is 32.2. The molecular weight excluding hydrogens is 432 g/mol. The van der Waals surface area contributed by atoms with E-state index in [0.717, 1.165) is 5.52 Å². The molecule has 0 saturated heterocycles. The summed E-state index contributed by atoms with van der Waals surface area (Å²) in [5.74, 6) is 2.26. The van der Waals surface area contributed by atoms with E-state index in [-0.39, 0.29) is 5.56 Å². The average Bonchev–Trinajstić information content (AvgIpc) is 3.58. The largest absolute Gasteiger partial charge is 0.461 e. The maximum Gasteiger partial charge on any atom is 0.262 e. The zero-order chi connectivity index (χ0) is 21.9. The van der Waals surface area contributed by atoms with Crippen LogP contribution in [0, 0.1) is 0 Å². The van der Waals surface area contributed by atoms with Crippen LogP contribution in [0.4, 0.5) is 0 Å². The van der Waals surface area contributed by atoms with Crippen LogP contribution < -0.4 is 5.56 Å². The zero-order valence-electron chi connectivity index (χ0n) is 17.3. The summed E-state index contributed by atoms with van der Waals surface area (Å²) in [5.41, 5.74) is 0.663. The number of thioether (sulfide) groups is 1. The first-order chi connectivity index (χ1) is 15.8. The van der Waals surface area contributed by atoms with Gasteiger partial charge in [0.1, 0.15) is 0 Å². The number of furan rings is 1. The Balaban J connectivity index is 1.47. The van der Waals surface area contributed by atoms with Gasteiger partial charge in [-0.15, -0.1) is 10.2 Å². The van der Waals surface area contributed by atoms with E-state index in [1.807, 2.05) is 35.6 Å². The molecule has 0 unspecified atom stereocenters. The smallest absolute Gasteiger partial charge is 0.262 e. The van der Waals surface area contributed by atoms with Crippen molar-refractivity contribution < 1.29 is 13.7 Å². The topological polar surface area (TPSA) is 113 Å². The van der Waals surface area contributed by atoms with E-state index in [4.69, 9.17) is 13.7 Å². The van der Waals surface area contributed by atoms with Crippen molar-refractivity contribution in [3.8, 4) is 11.6 Å². The Kier molecular flexibility index (Phi) is 5.73. The monoisotopic (exact) mass is 452 g/mol. The van der Waals surface area contributed by atoms with Crippen LogP contribution in [0.25, 0.3) is 28.3 Å². The van der Waals surface area contributed by atoms with Crippen LogP contribution in [-0.2, 0) is 17.0 Å². The van der Waals surface area contributed by atoms with E-state index in [1.54, 1.807) is 23.0 Å². The molecule has 0 aliphatic rings. The normalized spacial score (nSPS) is 11.7. The summed E-state index contributed by atoms with van der Waals surface area (Å²) in [6.45, 7) is 3.66. The minimum Gasteiger partial charge on any atom is -0.461 e. The van der Waals surface area contributed by atoms with Crippen LogP contribution >= 0.6 is 11.8 Å². The Labute approximate surface area is 186 Å². The SMILES string of the molecule is CCOCCCn1c(=O)c2ccccc2n2c(SCc3nc(-c4ccco4)no3)nnc12. The summed E-state index contributed by atoms with van der Waals surface area (Å²) >= 11 is 1.40. The van der Waals surface area contributed by atoms with Crippen LogP contribution in [0.3, 0.4) is 0 Å². The van der Waals surface area contributed by atoms with Crippen LogP contribution in [-0.4, -0.2) is 42.5 Å². The summed E-state index contributed by atoms with van der Waals surface area (Å²) in [5, 5.41) is 13.9. The van der Waals surface area contributed by atoms with Gasteiger partial charge in [-0.2, -0.15) is 4.98 Å². The maximum atomic E-state index is 13.1. The highest BCUT2D eigenvalue weighted by Crippen LogP contribution is 2.25. The molecule has 4 aromatic heterocycles. The first kappa shape index (κ1) is 20.5. The van der Waals surface area contributed by atoms with Gasteiger partial charge in [0, 0.05) is 19.8 Å². The average molecular weight is 452 g/mol. The zero-order valence-corrected chi connectivity index (χ0v) is 18.1. The lowest BCUT2D eigenvalue weighted by Crippen LogP contribution is -2.24. The van der Waals surface area contributed by atoms with Crippen molar-refractivity contribution in [1.29, 1.82) is 0 Å². The number of hydrogen-bond acceptors (Lipinski definition) is 9. The van der Waals surface area contributed by atoms with Crippen LogP contribution in [0.15, 0.2) is 61.6 Å². The van der Waals surface area contributed by atoms with Gasteiger partial charge in [-0.25, -0.2) is 0 Å². The van der Waals surface area contributed by atoms with Gasteiger partial charge < -0.3 is 13.7 Å². The van der Waals surface area contributed by atoms with Gasteiger partial charge >= 0.3 is 0 Å². The van der Waals surface area contributed by atoms with Crippen LogP contribution in [0.2, 0.25) is 0 Å². The molecule has 32 heavy (non-hydrogen) atoms. The van der Waals surface area contributed by atoms with Crippen molar-refractivity contribution in [1.82, 2.24) is 29.3 Å². The van der Waals surface area contributed by atoms with Crippen LogP contribution in [0.5, 0.6) is 0 Å². The molecule has 11 heteroatoms. The maximum absolute atomic E-state index is 13.1. The summed E-state index contributed by atoms with van der Waals surface area (Å²) in [7, 11) is 0. The Morgan fingerprint density at radius 3 is 2.91 bits per heavy atom. The minimum atomic E-state index is -0.0893. The fraction of sp³-hybridized carbons (Fsp3) is 0.286. The first-order valence-corrected chi connectivity index (χ1v) is 11.2. The molecule has 4 heterocycles. The number of rotatable bonds is 9. The molecule has 0 spiro atoms. The molecule has 0 saturated carbocycles. The summed E-state index contributed by atoms with van der Waals surface area (Å²) in [6, 6.07) is 11.0. The third-order valence-electron chi connectivity index (χ3n) is 4.89. The van der Waals surface area contributed by atoms with E-state index in [1.165, 1.54) is 11.8 Å². The number of nitrogens with zero attached hydrogens (tertiary/aromatic N) is 6. The van der Waals surface area contributed by atoms with Crippen molar-refractivity contribution in [2.24, 2.45) is 0 Å². The Bertz CT molecular complexity index is 1410. The Morgan fingerprint density at radius 2 is 2.06 bits per heavy atom. The van der Waals surface area contributed by atoms with Crippen molar-refractivity contribution in [2.75, 3.05) is 13.2 Å². The summed E-state index contributed by atoms with van der Waals surface area (Å²) in [4.78, 5) is 17.5. The molecule has 5 aromatic rings. The molecule has 0 N–H and O–H groups in total. The highest BCUT2D eigenvalue weighted by molar-refractivity contribution is 7.98. The fourth-order valence-corrected chi connectivity index (χ4v) is 4.22. The van der Waals surface area contributed by atoms with Crippen molar-refractivity contribution in [3.63, 3.8) is 0 Å². The summed E-state index contributed by atoms with van der Waals surface area (Å²) < 4.78 is 19.6. The first-order valence-electron chi connectivity index (χ1n) is 10.2. The lowest BCUT2D eigenvalue weighted by Gasteiger charge is -2.11. The van der Waals surface area contributed by atoms with Gasteiger partial charge in [0.15, 0.2) is 10.9 Å². The number of para-hydroxylation sites is 1. The quantitative estimate of drug-likeness (QED) is 0.245.